The van der Waals surface area contributed by atoms with Crippen LogP contribution in [0.5, 0.6) is 0 Å². The number of nitrogens with zero attached hydrogens (tertiary/aromatic N) is 2. The summed E-state index contributed by atoms with van der Waals surface area (Å²) < 4.78 is 8.25. The van der Waals surface area contributed by atoms with Crippen molar-refractivity contribution < 1.29 is 9.53 Å². The molecule has 29 heavy (non-hydrogen) atoms. The van der Waals surface area contributed by atoms with Crippen LogP contribution in [0.3, 0.4) is 0 Å². The van der Waals surface area contributed by atoms with Crippen molar-refractivity contribution in [2.45, 2.75) is 50.9 Å². The number of rotatable bonds is 6. The zero-order valence-corrected chi connectivity index (χ0v) is 16.5. The van der Waals surface area contributed by atoms with Crippen molar-refractivity contribution in [3.8, 4) is 11.3 Å². The lowest BCUT2D eigenvalue weighted by atomic mass is 9.82. The van der Waals surface area contributed by atoms with E-state index in [2.05, 4.69) is 45.9 Å². The fourth-order valence-corrected chi connectivity index (χ4v) is 4.84. The van der Waals surface area contributed by atoms with Gasteiger partial charge in [0.2, 0.25) is 0 Å². The molecule has 1 aromatic heterocycles. The highest BCUT2D eigenvalue weighted by atomic mass is 16.5. The molecule has 148 valence electrons. The SMILES string of the molecule is O=C(CC1c2ccccc2-c2cncn21)C1CCC(OCc2ccccc2)CC1. The molecule has 4 nitrogen and oxygen atoms in total. The van der Waals surface area contributed by atoms with Crippen molar-refractivity contribution >= 4 is 5.78 Å². The van der Waals surface area contributed by atoms with Crippen LogP contribution < -0.4 is 0 Å². The van der Waals surface area contributed by atoms with Crippen LogP contribution in [0.2, 0.25) is 0 Å². The van der Waals surface area contributed by atoms with Gasteiger partial charge in [0.25, 0.3) is 0 Å². The zero-order chi connectivity index (χ0) is 19.6. The van der Waals surface area contributed by atoms with E-state index in [0.717, 1.165) is 31.4 Å². The zero-order valence-electron chi connectivity index (χ0n) is 16.5. The van der Waals surface area contributed by atoms with Gasteiger partial charge in [-0.25, -0.2) is 4.98 Å². The lowest BCUT2D eigenvalue weighted by Crippen LogP contribution is -2.27. The summed E-state index contributed by atoms with van der Waals surface area (Å²) in [6.07, 6.45) is 8.40. The first kappa shape index (κ1) is 18.3. The number of fused-ring (bicyclic) bond motifs is 3. The molecular formula is C25H26N2O2. The van der Waals surface area contributed by atoms with Gasteiger partial charge in [-0.05, 0) is 36.8 Å². The van der Waals surface area contributed by atoms with E-state index in [0.29, 0.717) is 18.8 Å². The highest BCUT2D eigenvalue weighted by molar-refractivity contribution is 5.83. The minimum atomic E-state index is 0.0863. The van der Waals surface area contributed by atoms with E-state index in [1.165, 1.54) is 16.7 Å². The predicted octanol–water partition coefficient (Wildman–Crippen LogP) is 5.19. The topological polar surface area (TPSA) is 44.1 Å². The number of carbonyl (C=O) groups excluding carboxylic acids is 1. The van der Waals surface area contributed by atoms with Crippen molar-refractivity contribution in [3.63, 3.8) is 0 Å². The third-order valence-corrected chi connectivity index (χ3v) is 6.45. The summed E-state index contributed by atoms with van der Waals surface area (Å²) in [7, 11) is 0. The van der Waals surface area contributed by atoms with E-state index in [-0.39, 0.29) is 18.1 Å². The summed E-state index contributed by atoms with van der Waals surface area (Å²) in [5.74, 6) is 0.541. The molecule has 0 spiro atoms. The number of benzene rings is 2. The molecule has 0 N–H and O–H groups in total. The van der Waals surface area contributed by atoms with Crippen molar-refractivity contribution in [1.82, 2.24) is 9.55 Å². The summed E-state index contributed by atoms with van der Waals surface area (Å²) in [6, 6.07) is 18.8. The van der Waals surface area contributed by atoms with E-state index >= 15 is 0 Å². The van der Waals surface area contributed by atoms with Crippen molar-refractivity contribution in [2.75, 3.05) is 0 Å². The van der Waals surface area contributed by atoms with Crippen LogP contribution in [-0.4, -0.2) is 21.4 Å². The second-order valence-corrected chi connectivity index (χ2v) is 8.23. The maximum atomic E-state index is 13.1. The second kappa shape index (κ2) is 7.96. The van der Waals surface area contributed by atoms with Gasteiger partial charge >= 0.3 is 0 Å². The largest absolute Gasteiger partial charge is 0.374 e. The number of ketones is 1. The van der Waals surface area contributed by atoms with Crippen molar-refractivity contribution in [2.24, 2.45) is 5.92 Å². The van der Waals surface area contributed by atoms with Gasteiger partial charge in [-0.15, -0.1) is 0 Å². The molecule has 0 amide bonds. The van der Waals surface area contributed by atoms with Crippen LogP contribution in [0.4, 0.5) is 0 Å². The molecule has 0 radical (unpaired) electrons. The number of ether oxygens (including phenoxy) is 1. The average Bonchev–Trinajstić information content (AvgIpc) is 3.36. The van der Waals surface area contributed by atoms with Crippen molar-refractivity contribution in [3.05, 3.63) is 78.2 Å². The van der Waals surface area contributed by atoms with Gasteiger partial charge in [0, 0.05) is 17.9 Å². The Balaban J connectivity index is 1.18. The Morgan fingerprint density at radius 1 is 1.00 bits per heavy atom. The quantitative estimate of drug-likeness (QED) is 0.586. The number of imidazole rings is 1. The van der Waals surface area contributed by atoms with E-state index in [1.807, 2.05) is 30.7 Å². The third kappa shape index (κ3) is 3.65. The summed E-state index contributed by atoms with van der Waals surface area (Å²) in [4.78, 5) is 17.4. The molecule has 5 rings (SSSR count). The van der Waals surface area contributed by atoms with Gasteiger partial charge in [-0.3, -0.25) is 4.79 Å². The fourth-order valence-electron chi connectivity index (χ4n) is 4.84. The molecule has 3 aromatic rings. The van der Waals surface area contributed by atoms with Gasteiger partial charge in [-0.2, -0.15) is 0 Å². The van der Waals surface area contributed by atoms with Crippen molar-refractivity contribution in [1.29, 1.82) is 0 Å². The van der Waals surface area contributed by atoms with E-state index in [1.54, 1.807) is 0 Å². The Labute approximate surface area is 171 Å². The monoisotopic (exact) mass is 386 g/mol. The first-order valence-corrected chi connectivity index (χ1v) is 10.6. The number of carbonyl (C=O) groups is 1. The molecule has 4 heteroatoms. The van der Waals surface area contributed by atoms with E-state index in [4.69, 9.17) is 4.74 Å². The highest BCUT2D eigenvalue weighted by Gasteiger charge is 2.33. The maximum Gasteiger partial charge on any atom is 0.138 e. The Morgan fingerprint density at radius 2 is 1.76 bits per heavy atom. The molecule has 1 saturated carbocycles. The predicted molar refractivity (Wildman–Crippen MR) is 112 cm³/mol. The van der Waals surface area contributed by atoms with Gasteiger partial charge in [-0.1, -0.05) is 54.6 Å². The van der Waals surface area contributed by atoms with Crippen LogP contribution in [-0.2, 0) is 16.1 Å². The Morgan fingerprint density at radius 3 is 2.59 bits per heavy atom. The Hall–Kier alpha value is -2.72. The molecule has 0 bridgehead atoms. The smallest absolute Gasteiger partial charge is 0.138 e. The van der Waals surface area contributed by atoms with E-state index in [9.17, 15) is 4.79 Å². The minimum Gasteiger partial charge on any atom is -0.374 e. The summed E-state index contributed by atoms with van der Waals surface area (Å²) in [5, 5.41) is 0. The van der Waals surface area contributed by atoms with Crippen LogP contribution in [0.25, 0.3) is 11.3 Å². The lowest BCUT2D eigenvalue weighted by molar-refractivity contribution is -0.125. The Bertz CT molecular complexity index is 987. The maximum absolute atomic E-state index is 13.1. The molecule has 1 aliphatic heterocycles. The molecule has 1 fully saturated rings. The second-order valence-electron chi connectivity index (χ2n) is 8.23. The number of hydrogen-bond acceptors (Lipinski definition) is 3. The first-order valence-electron chi connectivity index (χ1n) is 10.6. The van der Waals surface area contributed by atoms with Gasteiger partial charge < -0.3 is 9.30 Å². The Kier molecular flexibility index (Phi) is 5.03. The average molecular weight is 386 g/mol. The normalized spacial score (nSPS) is 22.8. The summed E-state index contributed by atoms with van der Waals surface area (Å²) in [6.45, 7) is 0.659. The number of Topliss-reactive ketones (excluding diaryl/α,β-unsaturated/α-hetero) is 1. The standard InChI is InChI=1S/C25H26N2O2/c28-25(14-23-21-8-4-5-9-22(21)24-15-26-17-27(23)24)19-10-12-20(13-11-19)29-16-18-6-2-1-3-7-18/h1-9,15,17,19-20,23H,10-14,16H2. The molecule has 1 unspecified atom stereocenters. The van der Waals surface area contributed by atoms with Gasteiger partial charge in [0.15, 0.2) is 0 Å². The van der Waals surface area contributed by atoms with Crippen LogP contribution in [0, 0.1) is 5.92 Å². The molecule has 1 aliphatic carbocycles. The first-order chi connectivity index (χ1) is 14.3. The van der Waals surface area contributed by atoms with E-state index < -0.39 is 0 Å². The molecule has 2 aromatic carbocycles. The molecular weight excluding hydrogens is 360 g/mol. The summed E-state index contributed by atoms with van der Waals surface area (Å²) >= 11 is 0. The fraction of sp³-hybridized carbons (Fsp3) is 0.360. The minimum absolute atomic E-state index is 0.0863. The highest BCUT2D eigenvalue weighted by Crippen LogP contribution is 2.41. The number of aromatic nitrogens is 2. The van der Waals surface area contributed by atoms with Crippen LogP contribution in [0.1, 0.15) is 49.3 Å². The summed E-state index contributed by atoms with van der Waals surface area (Å²) in [5.41, 5.74) is 4.79. The van der Waals surface area contributed by atoms with Crippen LogP contribution >= 0.6 is 0 Å². The molecule has 1 atom stereocenters. The van der Waals surface area contributed by atoms with Gasteiger partial charge in [0.1, 0.15) is 5.78 Å². The number of hydrogen-bond donors (Lipinski definition) is 0. The molecule has 0 saturated heterocycles. The third-order valence-electron chi connectivity index (χ3n) is 6.45. The van der Waals surface area contributed by atoms with Crippen LogP contribution in [0.15, 0.2) is 67.1 Å². The molecule has 2 aliphatic rings. The lowest BCUT2D eigenvalue weighted by Gasteiger charge is -2.28. The van der Waals surface area contributed by atoms with Gasteiger partial charge in [0.05, 0.1) is 37.0 Å². The molecule has 2 heterocycles.